The van der Waals surface area contributed by atoms with Gasteiger partial charge in [0.15, 0.2) is 0 Å². The summed E-state index contributed by atoms with van der Waals surface area (Å²) in [5.74, 6) is 0.379. The molecule has 0 unspecified atom stereocenters. The minimum Gasteiger partial charge on any atom is -0.507 e. The second kappa shape index (κ2) is 11.5. The van der Waals surface area contributed by atoms with Gasteiger partial charge in [-0.25, -0.2) is 0 Å². The van der Waals surface area contributed by atoms with Gasteiger partial charge < -0.3 is 14.6 Å². The van der Waals surface area contributed by atoms with Crippen LogP contribution in [0.5, 0.6) is 11.5 Å². The van der Waals surface area contributed by atoms with Crippen LogP contribution in [0.25, 0.3) is 11.1 Å². The maximum atomic E-state index is 12.2. The fourth-order valence-electron chi connectivity index (χ4n) is 3.48. The van der Waals surface area contributed by atoms with E-state index in [2.05, 4.69) is 6.92 Å². The number of phenols is 1. The molecule has 0 saturated heterocycles. The van der Waals surface area contributed by atoms with Gasteiger partial charge >= 0.3 is 5.97 Å². The summed E-state index contributed by atoms with van der Waals surface area (Å²) >= 11 is 0. The number of phenolic OH excluding ortho intramolecular Hbond substituents is 1. The van der Waals surface area contributed by atoms with Crippen molar-refractivity contribution in [3.63, 3.8) is 0 Å². The summed E-state index contributed by atoms with van der Waals surface area (Å²) in [5.41, 5.74) is 3.63. The van der Waals surface area contributed by atoms with Gasteiger partial charge in [-0.2, -0.15) is 0 Å². The van der Waals surface area contributed by atoms with E-state index in [-0.39, 0.29) is 24.4 Å². The Morgan fingerprint density at radius 3 is 2.48 bits per heavy atom. The SMILES string of the molecule is CCCCCc1cc(O)c(-c2cccc(C)c2)c(OCOC(=O)C(CC)CC)c1. The molecule has 2 aromatic carbocycles. The van der Waals surface area contributed by atoms with Crippen molar-refractivity contribution in [1.29, 1.82) is 0 Å². The highest BCUT2D eigenvalue weighted by molar-refractivity contribution is 5.77. The Hall–Kier alpha value is -2.49. The number of carbonyl (C=O) groups excluding carboxylic acids is 1. The van der Waals surface area contributed by atoms with Crippen LogP contribution in [-0.2, 0) is 16.0 Å². The molecule has 4 heteroatoms. The predicted molar refractivity (Wildman–Crippen MR) is 117 cm³/mol. The molecule has 0 bridgehead atoms. The monoisotopic (exact) mass is 398 g/mol. The molecule has 0 aliphatic carbocycles. The van der Waals surface area contributed by atoms with Crippen LogP contribution in [0.3, 0.4) is 0 Å². The zero-order valence-electron chi connectivity index (χ0n) is 18.2. The second-order valence-electron chi connectivity index (χ2n) is 7.55. The van der Waals surface area contributed by atoms with Gasteiger partial charge in [0, 0.05) is 0 Å². The third kappa shape index (κ3) is 6.52. The summed E-state index contributed by atoms with van der Waals surface area (Å²) in [6, 6.07) is 11.7. The Morgan fingerprint density at radius 1 is 1.07 bits per heavy atom. The first-order valence-electron chi connectivity index (χ1n) is 10.7. The smallest absolute Gasteiger partial charge is 0.311 e. The van der Waals surface area contributed by atoms with Crippen LogP contribution in [0, 0.1) is 12.8 Å². The van der Waals surface area contributed by atoms with E-state index in [0.717, 1.165) is 55.2 Å². The van der Waals surface area contributed by atoms with Crippen LogP contribution >= 0.6 is 0 Å². The molecule has 0 aliphatic heterocycles. The molecular weight excluding hydrogens is 364 g/mol. The van der Waals surface area contributed by atoms with Gasteiger partial charge in [0.1, 0.15) is 11.5 Å². The van der Waals surface area contributed by atoms with Crippen LogP contribution in [0.2, 0.25) is 0 Å². The molecule has 2 aromatic rings. The number of aryl methyl sites for hydroxylation is 2. The van der Waals surface area contributed by atoms with Gasteiger partial charge in [-0.15, -0.1) is 0 Å². The molecule has 2 rings (SSSR count). The van der Waals surface area contributed by atoms with Crippen molar-refractivity contribution in [2.45, 2.75) is 66.2 Å². The van der Waals surface area contributed by atoms with E-state index in [1.807, 2.05) is 57.2 Å². The van der Waals surface area contributed by atoms with E-state index >= 15 is 0 Å². The number of esters is 1. The van der Waals surface area contributed by atoms with E-state index in [9.17, 15) is 9.90 Å². The molecule has 0 aliphatic rings. The minimum atomic E-state index is -0.240. The zero-order chi connectivity index (χ0) is 21.2. The van der Waals surface area contributed by atoms with E-state index in [4.69, 9.17) is 9.47 Å². The van der Waals surface area contributed by atoms with Gasteiger partial charge in [-0.1, -0.05) is 63.4 Å². The molecule has 1 N–H and O–H groups in total. The average molecular weight is 399 g/mol. The predicted octanol–water partition coefficient (Wildman–Crippen LogP) is 6.42. The zero-order valence-corrected chi connectivity index (χ0v) is 18.2. The number of carbonyl (C=O) groups is 1. The van der Waals surface area contributed by atoms with Crippen molar-refractivity contribution in [2.75, 3.05) is 6.79 Å². The number of hydrogen-bond donors (Lipinski definition) is 1. The first-order chi connectivity index (χ1) is 14.0. The first kappa shape index (κ1) is 22.8. The third-order valence-corrected chi connectivity index (χ3v) is 5.25. The Balaban J connectivity index is 2.26. The Morgan fingerprint density at radius 2 is 1.83 bits per heavy atom. The largest absolute Gasteiger partial charge is 0.507 e. The lowest BCUT2D eigenvalue weighted by molar-refractivity contribution is -0.155. The molecule has 0 amide bonds. The standard InChI is InChI=1S/C25H34O4/c1-5-8-9-12-19-15-22(26)24(21-13-10-11-18(4)14-21)23(16-19)28-17-29-25(27)20(6-2)7-3/h10-11,13-16,20,26H,5-9,12,17H2,1-4H3. The van der Waals surface area contributed by atoms with Crippen molar-refractivity contribution in [3.8, 4) is 22.6 Å². The lowest BCUT2D eigenvalue weighted by Crippen LogP contribution is -2.19. The lowest BCUT2D eigenvalue weighted by atomic mass is 9.98. The molecule has 4 nitrogen and oxygen atoms in total. The van der Waals surface area contributed by atoms with Crippen LogP contribution in [0.1, 0.15) is 64.0 Å². The fraction of sp³-hybridized carbons (Fsp3) is 0.480. The van der Waals surface area contributed by atoms with Crippen molar-refractivity contribution in [3.05, 3.63) is 47.5 Å². The Bertz CT molecular complexity index is 793. The highest BCUT2D eigenvalue weighted by atomic mass is 16.7. The van der Waals surface area contributed by atoms with Gasteiger partial charge in [0.2, 0.25) is 6.79 Å². The number of benzene rings is 2. The van der Waals surface area contributed by atoms with Crippen molar-refractivity contribution in [2.24, 2.45) is 5.92 Å². The molecule has 0 spiro atoms. The lowest BCUT2D eigenvalue weighted by Gasteiger charge is -2.17. The highest BCUT2D eigenvalue weighted by Crippen LogP contribution is 2.39. The number of rotatable bonds is 11. The summed E-state index contributed by atoms with van der Waals surface area (Å²) < 4.78 is 11.2. The van der Waals surface area contributed by atoms with Crippen LogP contribution in [-0.4, -0.2) is 17.9 Å². The quantitative estimate of drug-likeness (QED) is 0.270. The van der Waals surface area contributed by atoms with Crippen LogP contribution in [0.15, 0.2) is 36.4 Å². The maximum Gasteiger partial charge on any atom is 0.311 e. The van der Waals surface area contributed by atoms with Crippen molar-refractivity contribution >= 4 is 5.97 Å². The molecule has 0 saturated carbocycles. The molecule has 158 valence electrons. The molecule has 0 fully saturated rings. The second-order valence-corrected chi connectivity index (χ2v) is 7.55. The molecule has 0 radical (unpaired) electrons. The van der Waals surface area contributed by atoms with Gasteiger partial charge in [0.25, 0.3) is 0 Å². The number of ether oxygens (including phenoxy) is 2. The molecular formula is C25H34O4. The van der Waals surface area contributed by atoms with Gasteiger partial charge in [-0.3, -0.25) is 4.79 Å². The minimum absolute atomic E-state index is 0.108. The van der Waals surface area contributed by atoms with E-state index in [1.165, 1.54) is 0 Å². The van der Waals surface area contributed by atoms with Crippen LogP contribution in [0.4, 0.5) is 0 Å². The number of unbranched alkanes of at least 4 members (excludes halogenated alkanes) is 2. The Kier molecular flexibility index (Phi) is 9.04. The van der Waals surface area contributed by atoms with E-state index in [1.54, 1.807) is 0 Å². The topological polar surface area (TPSA) is 55.8 Å². The average Bonchev–Trinajstić information content (AvgIpc) is 2.69. The molecule has 0 heterocycles. The van der Waals surface area contributed by atoms with Crippen LogP contribution < -0.4 is 4.74 Å². The normalized spacial score (nSPS) is 10.9. The fourth-order valence-corrected chi connectivity index (χ4v) is 3.48. The summed E-state index contributed by atoms with van der Waals surface area (Å²) in [7, 11) is 0. The van der Waals surface area contributed by atoms with Crippen molar-refractivity contribution in [1.82, 2.24) is 0 Å². The molecule has 0 aromatic heterocycles. The van der Waals surface area contributed by atoms with E-state index in [0.29, 0.717) is 11.3 Å². The molecule has 29 heavy (non-hydrogen) atoms. The van der Waals surface area contributed by atoms with E-state index < -0.39 is 0 Å². The van der Waals surface area contributed by atoms with Gasteiger partial charge in [0.05, 0.1) is 11.5 Å². The van der Waals surface area contributed by atoms with Gasteiger partial charge in [-0.05, 0) is 55.9 Å². The maximum absolute atomic E-state index is 12.2. The first-order valence-corrected chi connectivity index (χ1v) is 10.7. The molecule has 0 atom stereocenters. The van der Waals surface area contributed by atoms with Crippen molar-refractivity contribution < 1.29 is 19.4 Å². The Labute approximate surface area is 174 Å². The summed E-state index contributed by atoms with van der Waals surface area (Å²) in [4.78, 5) is 12.2. The third-order valence-electron chi connectivity index (χ3n) is 5.25. The summed E-state index contributed by atoms with van der Waals surface area (Å²) in [6.07, 6.45) is 5.71. The highest BCUT2D eigenvalue weighted by Gasteiger charge is 2.18. The number of hydrogen-bond acceptors (Lipinski definition) is 4. The summed E-state index contributed by atoms with van der Waals surface area (Å²) in [5, 5.41) is 10.8. The summed E-state index contributed by atoms with van der Waals surface area (Å²) in [6.45, 7) is 7.97. The number of aromatic hydroxyl groups is 1.